The smallest absolute Gasteiger partial charge is 0.200 e. The number of hydrogen-bond donors (Lipinski definition) is 0. The van der Waals surface area contributed by atoms with Crippen molar-refractivity contribution in [3.05, 3.63) is 232 Å². The zero-order valence-electron chi connectivity index (χ0n) is 30.4. The molecule has 0 atom stereocenters. The highest BCUT2D eigenvalue weighted by Gasteiger charge is 2.48. The molecule has 0 aromatic heterocycles. The molecule has 9 rings (SSSR count). The number of fused-ring (bicyclic) bond motifs is 2. The summed E-state index contributed by atoms with van der Waals surface area (Å²) in [5, 5.41) is 0. The lowest BCUT2D eigenvalue weighted by molar-refractivity contribution is 0.379. The van der Waals surface area contributed by atoms with E-state index in [2.05, 4.69) is 0 Å². The molecule has 0 saturated heterocycles. The molecule has 0 fully saturated rings. The zero-order valence-corrected chi connectivity index (χ0v) is 30.4. The van der Waals surface area contributed by atoms with Gasteiger partial charge in [-0.25, -0.2) is 39.5 Å². The van der Waals surface area contributed by atoms with Crippen molar-refractivity contribution < 1.29 is 39.5 Å². The topological polar surface area (TPSA) is 3.24 Å². The van der Waals surface area contributed by atoms with Gasteiger partial charge in [0.2, 0.25) is 5.82 Å². The van der Waals surface area contributed by atoms with Crippen LogP contribution in [0.5, 0.6) is 0 Å². The summed E-state index contributed by atoms with van der Waals surface area (Å²) in [6, 6.07) is 47.9. The quantitative estimate of drug-likeness (QED) is 0.0920. The SMILES string of the molecule is Fc1c(F)c(F)c(-c2c(F)c(F)c(N3c4ccccc4C(c4ccc(-c5ccccc5)cc4)(c4ccc(-c5ccccc5)cc4)c4ccccc43)c(F)c2F)c(F)c1F. The van der Waals surface area contributed by atoms with Crippen LogP contribution in [0.3, 0.4) is 0 Å². The standard InChI is InChI=1S/C49H26F9N/c50-39-37(40(51)44(55)45(56)43(39)54)38-41(52)46(57)48(47(58)42(38)53)59-35-17-9-7-15-33(35)49(34-16-8-10-18-36(34)59,31-23-19-29(20-24-31)27-11-3-1-4-12-27)32-25-21-30(22-26-32)28-13-5-2-6-14-28/h1-26H. The number of benzene rings is 8. The van der Waals surface area contributed by atoms with Gasteiger partial charge in [0.15, 0.2) is 46.5 Å². The fourth-order valence-electron chi connectivity index (χ4n) is 8.22. The van der Waals surface area contributed by atoms with E-state index in [1.165, 1.54) is 12.1 Å². The van der Waals surface area contributed by atoms with Crippen LogP contribution in [0.4, 0.5) is 56.6 Å². The van der Waals surface area contributed by atoms with Crippen molar-refractivity contribution in [2.75, 3.05) is 4.90 Å². The van der Waals surface area contributed by atoms with E-state index in [-0.39, 0.29) is 11.4 Å². The Balaban J connectivity index is 1.32. The minimum atomic E-state index is -2.63. The van der Waals surface area contributed by atoms with E-state index < -0.39 is 74.6 Å². The molecule has 0 bridgehead atoms. The molecule has 1 nitrogen and oxygen atoms in total. The number of para-hydroxylation sites is 2. The van der Waals surface area contributed by atoms with Crippen LogP contribution in [-0.2, 0) is 5.41 Å². The molecule has 0 radical (unpaired) electrons. The molecular formula is C49H26F9N. The van der Waals surface area contributed by atoms with Crippen LogP contribution in [0.25, 0.3) is 33.4 Å². The van der Waals surface area contributed by atoms with Crippen molar-refractivity contribution in [3.8, 4) is 33.4 Å². The first kappa shape index (κ1) is 37.5. The first-order valence-electron chi connectivity index (χ1n) is 18.2. The molecule has 1 heterocycles. The molecule has 10 heteroatoms. The molecule has 59 heavy (non-hydrogen) atoms. The lowest BCUT2D eigenvalue weighted by atomic mass is 9.62. The lowest BCUT2D eigenvalue weighted by Gasteiger charge is -2.46. The molecule has 0 N–H and O–H groups in total. The molecule has 8 aromatic rings. The van der Waals surface area contributed by atoms with Crippen molar-refractivity contribution in [2.24, 2.45) is 0 Å². The van der Waals surface area contributed by atoms with Crippen molar-refractivity contribution in [2.45, 2.75) is 5.41 Å². The summed E-state index contributed by atoms with van der Waals surface area (Å²) in [7, 11) is 0. The second-order valence-electron chi connectivity index (χ2n) is 13.9. The Hall–Kier alpha value is -7.07. The van der Waals surface area contributed by atoms with Crippen LogP contribution in [0.1, 0.15) is 22.3 Å². The van der Waals surface area contributed by atoms with Gasteiger partial charge in [0.1, 0.15) is 5.69 Å². The van der Waals surface area contributed by atoms with Gasteiger partial charge in [-0.1, -0.05) is 146 Å². The second-order valence-corrected chi connectivity index (χ2v) is 13.9. The fraction of sp³-hybridized carbons (Fsp3) is 0.0204. The van der Waals surface area contributed by atoms with Crippen LogP contribution >= 0.6 is 0 Å². The number of rotatable bonds is 6. The van der Waals surface area contributed by atoms with Gasteiger partial charge in [0.05, 0.1) is 27.9 Å². The third-order valence-corrected chi connectivity index (χ3v) is 10.9. The summed E-state index contributed by atoms with van der Waals surface area (Å²) in [5.74, 6) is -22.1. The molecule has 0 spiro atoms. The first-order valence-corrected chi connectivity index (χ1v) is 18.2. The average Bonchev–Trinajstić information content (AvgIpc) is 3.29. The Morgan fingerprint density at radius 1 is 0.288 bits per heavy atom. The van der Waals surface area contributed by atoms with Gasteiger partial charge in [-0.2, -0.15) is 0 Å². The summed E-state index contributed by atoms with van der Waals surface area (Å²) < 4.78 is 138. The van der Waals surface area contributed by atoms with Gasteiger partial charge in [-0.3, -0.25) is 0 Å². The molecule has 0 saturated carbocycles. The predicted molar refractivity (Wildman–Crippen MR) is 209 cm³/mol. The molecule has 1 aliphatic rings. The maximum absolute atomic E-state index is 16.6. The van der Waals surface area contributed by atoms with Gasteiger partial charge in [-0.05, 0) is 56.6 Å². The predicted octanol–water partition coefficient (Wildman–Crippen LogP) is 14.1. The average molecular weight is 800 g/mol. The molecule has 0 amide bonds. The summed E-state index contributed by atoms with van der Waals surface area (Å²) in [6.45, 7) is 0. The Morgan fingerprint density at radius 3 is 0.983 bits per heavy atom. The lowest BCUT2D eigenvalue weighted by Crippen LogP contribution is -2.38. The molecule has 0 unspecified atom stereocenters. The summed E-state index contributed by atoms with van der Waals surface area (Å²) in [6.07, 6.45) is 0. The monoisotopic (exact) mass is 799 g/mol. The number of hydrogen-bond acceptors (Lipinski definition) is 1. The van der Waals surface area contributed by atoms with Crippen molar-refractivity contribution in [1.29, 1.82) is 0 Å². The molecule has 0 aliphatic carbocycles. The zero-order chi connectivity index (χ0) is 41.2. The van der Waals surface area contributed by atoms with Crippen LogP contribution in [0, 0.1) is 52.4 Å². The van der Waals surface area contributed by atoms with E-state index in [9.17, 15) is 22.0 Å². The Kier molecular flexibility index (Phi) is 9.15. The van der Waals surface area contributed by atoms with E-state index in [1.807, 2.05) is 109 Å². The third-order valence-electron chi connectivity index (χ3n) is 10.9. The minimum absolute atomic E-state index is 0.0750. The molecule has 290 valence electrons. The van der Waals surface area contributed by atoms with Crippen LogP contribution in [0.2, 0.25) is 0 Å². The maximum Gasteiger partial charge on any atom is 0.200 e. The van der Waals surface area contributed by atoms with Crippen molar-refractivity contribution in [3.63, 3.8) is 0 Å². The minimum Gasteiger partial charge on any atom is -0.304 e. The first-order chi connectivity index (χ1) is 28.5. The van der Waals surface area contributed by atoms with Gasteiger partial charge in [0, 0.05) is 0 Å². The molecular weight excluding hydrogens is 774 g/mol. The maximum atomic E-state index is 16.6. The highest BCUT2D eigenvalue weighted by molar-refractivity contribution is 5.91. The fourth-order valence-corrected chi connectivity index (χ4v) is 8.22. The van der Waals surface area contributed by atoms with Gasteiger partial charge < -0.3 is 4.90 Å². The normalized spacial score (nSPS) is 12.9. The van der Waals surface area contributed by atoms with Crippen LogP contribution < -0.4 is 4.90 Å². The Labute approximate surface area is 331 Å². The van der Waals surface area contributed by atoms with E-state index >= 15 is 17.6 Å². The molecule has 1 aliphatic heterocycles. The Bertz CT molecular complexity index is 2720. The van der Waals surface area contributed by atoms with Crippen molar-refractivity contribution >= 4 is 17.1 Å². The van der Waals surface area contributed by atoms with Crippen LogP contribution in [0.15, 0.2) is 158 Å². The number of halogens is 9. The number of nitrogens with zero attached hydrogens (tertiary/aromatic N) is 1. The summed E-state index contributed by atoms with van der Waals surface area (Å²) >= 11 is 0. The highest BCUT2D eigenvalue weighted by Crippen LogP contribution is 2.59. The van der Waals surface area contributed by atoms with Gasteiger partial charge >= 0.3 is 0 Å². The van der Waals surface area contributed by atoms with E-state index in [0.717, 1.165) is 38.3 Å². The van der Waals surface area contributed by atoms with E-state index in [0.29, 0.717) is 11.1 Å². The van der Waals surface area contributed by atoms with Gasteiger partial charge in [-0.15, -0.1) is 0 Å². The summed E-state index contributed by atoms with van der Waals surface area (Å²) in [5.41, 5.74) is -0.611. The highest BCUT2D eigenvalue weighted by atomic mass is 19.2. The van der Waals surface area contributed by atoms with Gasteiger partial charge in [0.25, 0.3) is 0 Å². The number of anilines is 3. The third kappa shape index (κ3) is 5.65. The van der Waals surface area contributed by atoms with Crippen LogP contribution in [-0.4, -0.2) is 0 Å². The molecule has 8 aromatic carbocycles. The van der Waals surface area contributed by atoms with Crippen molar-refractivity contribution in [1.82, 2.24) is 0 Å². The second kappa shape index (κ2) is 14.4. The Morgan fingerprint density at radius 2 is 0.593 bits per heavy atom. The largest absolute Gasteiger partial charge is 0.304 e. The van der Waals surface area contributed by atoms with E-state index in [1.54, 1.807) is 36.4 Å². The summed E-state index contributed by atoms with van der Waals surface area (Å²) in [4.78, 5) is 0.957. The van der Waals surface area contributed by atoms with E-state index in [4.69, 9.17) is 0 Å².